The molecule has 0 aliphatic heterocycles. The van der Waals surface area contributed by atoms with E-state index < -0.39 is 20.7 Å². The van der Waals surface area contributed by atoms with Gasteiger partial charge >= 0.3 is 0 Å². The Morgan fingerprint density at radius 1 is 1.35 bits per heavy atom. The van der Waals surface area contributed by atoms with Gasteiger partial charge in [0.25, 0.3) is 0 Å². The van der Waals surface area contributed by atoms with E-state index in [-0.39, 0.29) is 12.2 Å². The molecular weight excluding hydrogens is 285 g/mol. The van der Waals surface area contributed by atoms with Gasteiger partial charge in [0.2, 0.25) is 10.0 Å². The van der Waals surface area contributed by atoms with Crippen LogP contribution < -0.4 is 5.14 Å². The molecule has 0 aliphatic carbocycles. The van der Waals surface area contributed by atoms with Crippen LogP contribution in [0.4, 0.5) is 4.39 Å². The molecule has 0 saturated carbocycles. The smallest absolute Gasteiger partial charge is 0.240 e. The first-order valence-electron chi connectivity index (χ1n) is 5.54. The summed E-state index contributed by atoms with van der Waals surface area (Å²) in [5, 5.41) is 4.98. The molecule has 0 bridgehead atoms. The Bertz CT molecular complexity index is 720. The van der Waals surface area contributed by atoms with Crippen LogP contribution in [0, 0.1) is 5.82 Å². The summed E-state index contributed by atoms with van der Waals surface area (Å²) in [7, 11) is -2.75. The van der Waals surface area contributed by atoms with Crippen molar-refractivity contribution in [3.8, 4) is 11.3 Å². The van der Waals surface area contributed by atoms with Crippen LogP contribution in [0.15, 0.2) is 35.6 Å². The van der Waals surface area contributed by atoms with Crippen molar-refractivity contribution < 1.29 is 17.5 Å². The minimum absolute atomic E-state index is 0.0812. The van der Waals surface area contributed by atoms with Crippen molar-refractivity contribution in [2.24, 2.45) is 5.14 Å². The Labute approximate surface area is 115 Å². The molecule has 0 unspecified atom stereocenters. The van der Waals surface area contributed by atoms with Crippen molar-refractivity contribution in [2.75, 3.05) is 7.11 Å². The highest BCUT2D eigenvalue weighted by atomic mass is 32.2. The molecule has 0 aliphatic rings. The van der Waals surface area contributed by atoms with E-state index in [4.69, 9.17) is 9.88 Å². The van der Waals surface area contributed by atoms with Crippen LogP contribution in [0.1, 0.15) is 5.56 Å². The van der Waals surface area contributed by atoms with E-state index in [0.717, 1.165) is 6.07 Å². The van der Waals surface area contributed by atoms with Crippen LogP contribution >= 0.6 is 0 Å². The predicted molar refractivity (Wildman–Crippen MR) is 69.5 cm³/mol. The molecule has 2 aromatic rings. The van der Waals surface area contributed by atoms with Gasteiger partial charge in [-0.15, -0.1) is 0 Å². The van der Waals surface area contributed by atoms with Gasteiger partial charge in [-0.25, -0.2) is 27.9 Å². The van der Waals surface area contributed by atoms with Crippen molar-refractivity contribution in [1.29, 1.82) is 0 Å². The van der Waals surface area contributed by atoms with Crippen molar-refractivity contribution in [3.63, 3.8) is 0 Å². The zero-order chi connectivity index (χ0) is 14.8. The highest BCUT2D eigenvalue weighted by Crippen LogP contribution is 2.28. The van der Waals surface area contributed by atoms with E-state index in [1.54, 1.807) is 6.07 Å². The number of aromatic nitrogens is 2. The molecule has 1 heterocycles. The van der Waals surface area contributed by atoms with Gasteiger partial charge in [-0.05, 0) is 12.1 Å². The van der Waals surface area contributed by atoms with Crippen LogP contribution in [0.25, 0.3) is 11.3 Å². The van der Waals surface area contributed by atoms with Gasteiger partial charge < -0.3 is 4.74 Å². The monoisotopic (exact) mass is 297 g/mol. The lowest BCUT2D eigenvalue weighted by Gasteiger charge is -2.12. The van der Waals surface area contributed by atoms with Crippen molar-refractivity contribution in [1.82, 2.24) is 9.97 Å². The highest BCUT2D eigenvalue weighted by Gasteiger charge is 2.21. The Kier molecular flexibility index (Phi) is 4.07. The zero-order valence-electron chi connectivity index (χ0n) is 10.6. The molecule has 0 saturated heterocycles. The molecule has 2 rings (SSSR count). The first-order valence-corrected chi connectivity index (χ1v) is 7.09. The van der Waals surface area contributed by atoms with Gasteiger partial charge in [-0.3, -0.25) is 0 Å². The average molecular weight is 297 g/mol. The molecule has 0 radical (unpaired) electrons. The number of hydrogen-bond acceptors (Lipinski definition) is 5. The lowest BCUT2D eigenvalue weighted by atomic mass is 10.0. The maximum absolute atomic E-state index is 14.3. The van der Waals surface area contributed by atoms with E-state index in [9.17, 15) is 12.8 Å². The van der Waals surface area contributed by atoms with Crippen LogP contribution in [0.5, 0.6) is 0 Å². The number of benzene rings is 1. The van der Waals surface area contributed by atoms with Crippen LogP contribution in [-0.4, -0.2) is 25.5 Å². The Morgan fingerprint density at radius 2 is 2.10 bits per heavy atom. The molecule has 106 valence electrons. The minimum atomic E-state index is -4.14. The van der Waals surface area contributed by atoms with Gasteiger partial charge in [0, 0.05) is 24.4 Å². The molecular formula is C12H12FN3O3S. The third-order valence-corrected chi connectivity index (χ3v) is 3.59. The van der Waals surface area contributed by atoms with Crippen molar-refractivity contribution in [2.45, 2.75) is 11.5 Å². The summed E-state index contributed by atoms with van der Waals surface area (Å²) in [5.41, 5.74) is 0.976. The second-order valence-corrected chi connectivity index (χ2v) is 5.51. The number of sulfonamides is 1. The Balaban J connectivity index is 2.69. The summed E-state index contributed by atoms with van der Waals surface area (Å²) < 4.78 is 41.9. The van der Waals surface area contributed by atoms with Gasteiger partial charge in [0.15, 0.2) is 0 Å². The van der Waals surface area contributed by atoms with Crippen molar-refractivity contribution >= 4 is 10.0 Å². The number of methoxy groups -OCH3 is 1. The molecule has 0 atom stereocenters. The third kappa shape index (κ3) is 2.82. The van der Waals surface area contributed by atoms with Crippen LogP contribution in [0.2, 0.25) is 0 Å². The fraction of sp³-hybridized carbons (Fsp3) is 0.167. The summed E-state index contributed by atoms with van der Waals surface area (Å²) in [5.74, 6) is -0.925. The molecule has 8 heteroatoms. The number of nitrogens with two attached hydrogens (primary N) is 1. The van der Waals surface area contributed by atoms with Gasteiger partial charge in [-0.1, -0.05) is 6.07 Å². The van der Waals surface area contributed by atoms with E-state index in [1.807, 2.05) is 0 Å². The summed E-state index contributed by atoms with van der Waals surface area (Å²) >= 11 is 0. The third-order valence-electron chi connectivity index (χ3n) is 2.66. The maximum atomic E-state index is 14.3. The normalized spacial score (nSPS) is 11.6. The second kappa shape index (κ2) is 5.61. The highest BCUT2D eigenvalue weighted by molar-refractivity contribution is 7.89. The quantitative estimate of drug-likeness (QED) is 0.911. The summed E-state index contributed by atoms with van der Waals surface area (Å²) in [6, 6.07) is 4.14. The fourth-order valence-electron chi connectivity index (χ4n) is 1.79. The first kappa shape index (κ1) is 14.5. The fourth-order valence-corrected chi connectivity index (χ4v) is 2.43. The van der Waals surface area contributed by atoms with E-state index in [2.05, 4.69) is 9.97 Å². The molecule has 0 spiro atoms. The lowest BCUT2D eigenvalue weighted by Crippen LogP contribution is -2.15. The topological polar surface area (TPSA) is 95.2 Å². The van der Waals surface area contributed by atoms with Crippen molar-refractivity contribution in [3.05, 3.63) is 42.1 Å². The zero-order valence-corrected chi connectivity index (χ0v) is 11.4. The van der Waals surface area contributed by atoms with Crippen LogP contribution in [0.3, 0.4) is 0 Å². The first-order chi connectivity index (χ1) is 9.45. The van der Waals surface area contributed by atoms with E-state index in [1.165, 1.54) is 25.7 Å². The Morgan fingerprint density at radius 3 is 2.65 bits per heavy atom. The molecule has 6 nitrogen and oxygen atoms in total. The number of halogens is 1. The second-order valence-electron chi connectivity index (χ2n) is 3.98. The summed E-state index contributed by atoms with van der Waals surface area (Å²) in [6.07, 6.45) is 2.82. The number of hydrogen-bond donors (Lipinski definition) is 1. The number of primary sulfonamides is 1. The van der Waals surface area contributed by atoms with E-state index in [0.29, 0.717) is 11.3 Å². The SMILES string of the molecule is COCc1c(-c2ccncn2)ccc(S(N)(=O)=O)c1F. The molecule has 2 N–H and O–H groups in total. The predicted octanol–water partition coefficient (Wildman–Crippen LogP) is 1.08. The lowest BCUT2D eigenvalue weighted by molar-refractivity contribution is 0.181. The minimum Gasteiger partial charge on any atom is -0.380 e. The largest absolute Gasteiger partial charge is 0.380 e. The van der Waals surface area contributed by atoms with Gasteiger partial charge in [-0.2, -0.15) is 0 Å². The summed E-state index contributed by atoms with van der Waals surface area (Å²) in [6.45, 7) is -0.103. The van der Waals surface area contributed by atoms with Gasteiger partial charge in [0.1, 0.15) is 17.0 Å². The Hall–Kier alpha value is -1.90. The molecule has 0 fully saturated rings. The molecule has 0 amide bonds. The maximum Gasteiger partial charge on any atom is 0.240 e. The number of ether oxygens (including phenoxy) is 1. The summed E-state index contributed by atoms with van der Waals surface area (Å²) in [4.78, 5) is 7.22. The standard InChI is InChI=1S/C12H12FN3O3S/c1-19-6-9-8(10-4-5-15-7-16-10)2-3-11(12(9)13)20(14,17)18/h2-5,7H,6H2,1H3,(H2,14,17,18). The van der Waals surface area contributed by atoms with Crippen LogP contribution in [-0.2, 0) is 21.4 Å². The molecule has 20 heavy (non-hydrogen) atoms. The van der Waals surface area contributed by atoms with Gasteiger partial charge in [0.05, 0.1) is 12.3 Å². The molecule has 1 aromatic heterocycles. The molecule has 1 aromatic carbocycles. The average Bonchev–Trinajstić information content (AvgIpc) is 2.40. The number of nitrogens with zero attached hydrogens (tertiary/aromatic N) is 2. The van der Waals surface area contributed by atoms with E-state index >= 15 is 0 Å². The number of rotatable bonds is 4.